The highest BCUT2D eigenvalue weighted by atomic mass is 35.5. The quantitative estimate of drug-likeness (QED) is 0.283. The first kappa shape index (κ1) is 21.2. The highest BCUT2D eigenvalue weighted by molar-refractivity contribution is 7.13. The number of H-pyrrole nitrogens is 1. The maximum Gasteiger partial charge on any atom is 0.251 e. The Balaban J connectivity index is 1.32. The molecule has 0 aliphatic rings. The van der Waals surface area contributed by atoms with Gasteiger partial charge in [0.1, 0.15) is 17.4 Å². The summed E-state index contributed by atoms with van der Waals surface area (Å²) in [6, 6.07) is 22.7. The molecule has 1 atom stereocenters. The van der Waals surface area contributed by atoms with Gasteiger partial charge in [0.25, 0.3) is 5.91 Å². The minimum Gasteiger partial charge on any atom is -0.491 e. The number of hydrogen-bond acceptors (Lipinski definition) is 4. The number of ether oxygens (including phenoxy) is 1. The van der Waals surface area contributed by atoms with Gasteiger partial charge in [0.05, 0.1) is 11.1 Å². The summed E-state index contributed by atoms with van der Waals surface area (Å²) in [5, 5.41) is 7.55. The van der Waals surface area contributed by atoms with Crippen LogP contribution in [0.3, 0.4) is 0 Å². The molecule has 0 saturated carbocycles. The van der Waals surface area contributed by atoms with Crippen molar-refractivity contribution in [2.24, 2.45) is 0 Å². The minimum atomic E-state index is -0.319. The number of aromatic nitrogens is 2. The summed E-state index contributed by atoms with van der Waals surface area (Å²) < 4.78 is 6.05. The zero-order chi connectivity index (χ0) is 22.6. The molecule has 0 bridgehead atoms. The van der Waals surface area contributed by atoms with E-state index in [1.165, 1.54) is 0 Å². The van der Waals surface area contributed by atoms with E-state index in [-0.39, 0.29) is 11.9 Å². The Morgan fingerprint density at radius 3 is 2.67 bits per heavy atom. The zero-order valence-electron chi connectivity index (χ0n) is 17.5. The summed E-state index contributed by atoms with van der Waals surface area (Å²) in [4.78, 5) is 20.5. The van der Waals surface area contributed by atoms with Gasteiger partial charge >= 0.3 is 0 Å². The highest BCUT2D eigenvalue weighted by Crippen LogP contribution is 2.26. The molecule has 2 N–H and O–H groups in total. The van der Waals surface area contributed by atoms with E-state index in [1.807, 2.05) is 66.0 Å². The number of fused-ring (bicyclic) bond motifs is 1. The summed E-state index contributed by atoms with van der Waals surface area (Å²) in [5.74, 6) is 0.548. The number of carbonyl (C=O) groups excluding carboxylic acids is 1. The van der Waals surface area contributed by atoms with Crippen LogP contribution in [-0.4, -0.2) is 22.5 Å². The number of benzene rings is 3. The van der Waals surface area contributed by atoms with E-state index in [0.29, 0.717) is 17.2 Å². The maximum atomic E-state index is 13.0. The van der Waals surface area contributed by atoms with Crippen LogP contribution in [0.1, 0.15) is 22.0 Å². The van der Waals surface area contributed by atoms with Crippen molar-refractivity contribution in [2.75, 3.05) is 6.61 Å². The number of thiazole rings is 1. The topological polar surface area (TPSA) is 67.0 Å². The van der Waals surface area contributed by atoms with E-state index in [4.69, 9.17) is 16.3 Å². The summed E-state index contributed by atoms with van der Waals surface area (Å²) in [6.45, 7) is 0.295. The Hall–Kier alpha value is -3.61. The first-order valence-corrected chi connectivity index (χ1v) is 11.7. The number of nitrogens with one attached hydrogen (secondary N) is 2. The van der Waals surface area contributed by atoms with E-state index < -0.39 is 0 Å². The van der Waals surface area contributed by atoms with Gasteiger partial charge in [-0.15, -0.1) is 11.3 Å². The van der Waals surface area contributed by atoms with Gasteiger partial charge in [0, 0.05) is 39.8 Å². The van der Waals surface area contributed by atoms with Crippen LogP contribution < -0.4 is 10.1 Å². The Bertz CT molecular complexity index is 1370. The predicted octanol–water partition coefficient (Wildman–Crippen LogP) is 6.49. The van der Waals surface area contributed by atoms with Gasteiger partial charge in [-0.3, -0.25) is 4.79 Å². The molecule has 0 radical (unpaired) electrons. The maximum absolute atomic E-state index is 13.0. The third-order valence-electron chi connectivity index (χ3n) is 5.35. The van der Waals surface area contributed by atoms with E-state index in [2.05, 4.69) is 15.3 Å². The first-order valence-electron chi connectivity index (χ1n) is 10.4. The molecule has 2 aromatic heterocycles. The van der Waals surface area contributed by atoms with Crippen molar-refractivity contribution in [3.05, 3.63) is 107 Å². The van der Waals surface area contributed by atoms with Crippen LogP contribution in [-0.2, 0) is 0 Å². The molecule has 2 heterocycles. The van der Waals surface area contributed by atoms with E-state index in [0.717, 1.165) is 32.8 Å². The lowest BCUT2D eigenvalue weighted by Crippen LogP contribution is -2.32. The lowest BCUT2D eigenvalue weighted by molar-refractivity contribution is 0.0921. The van der Waals surface area contributed by atoms with Gasteiger partial charge < -0.3 is 15.0 Å². The van der Waals surface area contributed by atoms with Gasteiger partial charge in [0.15, 0.2) is 0 Å². The van der Waals surface area contributed by atoms with Crippen LogP contribution in [0, 0.1) is 0 Å². The number of rotatable bonds is 7. The molecule has 33 heavy (non-hydrogen) atoms. The largest absolute Gasteiger partial charge is 0.491 e. The second kappa shape index (κ2) is 9.48. The number of aromatic amines is 1. The van der Waals surface area contributed by atoms with Crippen molar-refractivity contribution < 1.29 is 9.53 Å². The van der Waals surface area contributed by atoms with Crippen molar-refractivity contribution >= 4 is 39.7 Å². The van der Waals surface area contributed by atoms with Crippen molar-refractivity contribution in [2.45, 2.75) is 6.04 Å². The molecule has 0 fully saturated rings. The number of carbonyl (C=O) groups is 1. The fraction of sp³-hybridized carbons (Fsp3) is 0.0769. The molecule has 0 aliphatic carbocycles. The van der Waals surface area contributed by atoms with Crippen molar-refractivity contribution in [3.63, 3.8) is 0 Å². The van der Waals surface area contributed by atoms with Gasteiger partial charge in [0.2, 0.25) is 0 Å². The van der Waals surface area contributed by atoms with Gasteiger partial charge in [-0.25, -0.2) is 4.98 Å². The third kappa shape index (κ3) is 4.77. The number of nitrogens with zero attached hydrogens (tertiary/aromatic N) is 1. The zero-order valence-corrected chi connectivity index (χ0v) is 19.1. The van der Waals surface area contributed by atoms with Crippen LogP contribution in [0.5, 0.6) is 5.75 Å². The van der Waals surface area contributed by atoms with E-state index in [1.54, 1.807) is 35.9 Å². The summed E-state index contributed by atoms with van der Waals surface area (Å²) in [7, 11) is 0. The monoisotopic (exact) mass is 473 g/mol. The molecule has 0 aliphatic heterocycles. The molecule has 5 rings (SSSR count). The third-order valence-corrected chi connectivity index (χ3v) is 6.49. The molecule has 3 aromatic carbocycles. The Morgan fingerprint density at radius 2 is 1.91 bits per heavy atom. The van der Waals surface area contributed by atoms with Gasteiger partial charge in [-0.2, -0.15) is 0 Å². The Morgan fingerprint density at radius 1 is 1.09 bits per heavy atom. The number of halogens is 1. The molecule has 0 unspecified atom stereocenters. The number of hydrogen-bond donors (Lipinski definition) is 2. The van der Waals surface area contributed by atoms with Crippen molar-refractivity contribution in [3.8, 4) is 16.3 Å². The molecule has 164 valence electrons. The van der Waals surface area contributed by atoms with E-state index in [9.17, 15) is 4.79 Å². The molecule has 7 heteroatoms. The SMILES string of the molecule is O=C(N[C@@H](COc1ccc(-c2nccs2)cc1)c1ccccc1)c1ccc2c(Cl)c[nH]c2c1. The molecular weight excluding hydrogens is 454 g/mol. The Kier molecular flexibility index (Phi) is 6.11. The standard InChI is InChI=1S/C26H20ClN3O2S/c27-22-15-29-23-14-19(8-11-21(22)23)25(31)30-24(17-4-2-1-3-5-17)16-32-20-9-6-18(7-10-20)26-28-12-13-33-26/h1-15,24,29H,16H2,(H,30,31)/t24-/m0/s1. The molecule has 0 spiro atoms. The fourth-order valence-corrected chi connectivity index (χ4v) is 4.48. The molecule has 5 nitrogen and oxygen atoms in total. The van der Waals surface area contributed by atoms with Gasteiger partial charge in [-0.05, 0) is 42.0 Å². The average Bonchev–Trinajstić information content (AvgIpc) is 3.53. The highest BCUT2D eigenvalue weighted by Gasteiger charge is 2.17. The van der Waals surface area contributed by atoms with Gasteiger partial charge in [-0.1, -0.05) is 48.0 Å². The lowest BCUT2D eigenvalue weighted by Gasteiger charge is -2.20. The molecule has 1 amide bonds. The van der Waals surface area contributed by atoms with E-state index >= 15 is 0 Å². The summed E-state index contributed by atoms with van der Waals surface area (Å²) in [6.07, 6.45) is 3.51. The molecular formula is C26H20ClN3O2S. The van der Waals surface area contributed by atoms with Crippen LogP contribution >= 0.6 is 22.9 Å². The minimum absolute atomic E-state index is 0.181. The average molecular weight is 474 g/mol. The molecule has 0 saturated heterocycles. The fourth-order valence-electron chi connectivity index (χ4n) is 3.62. The summed E-state index contributed by atoms with van der Waals surface area (Å²) in [5.41, 5.74) is 3.38. The normalized spacial score (nSPS) is 11.9. The van der Waals surface area contributed by atoms with Crippen LogP contribution in [0.25, 0.3) is 21.5 Å². The second-order valence-corrected chi connectivity index (χ2v) is 8.81. The van der Waals surface area contributed by atoms with Crippen LogP contribution in [0.4, 0.5) is 0 Å². The second-order valence-electron chi connectivity index (χ2n) is 7.51. The molecule has 5 aromatic rings. The smallest absolute Gasteiger partial charge is 0.251 e. The van der Waals surface area contributed by atoms with Crippen molar-refractivity contribution in [1.82, 2.24) is 15.3 Å². The van der Waals surface area contributed by atoms with Crippen LogP contribution in [0.2, 0.25) is 5.02 Å². The predicted molar refractivity (Wildman–Crippen MR) is 133 cm³/mol. The van der Waals surface area contributed by atoms with Crippen molar-refractivity contribution in [1.29, 1.82) is 0 Å². The Labute approximate surface area is 200 Å². The summed E-state index contributed by atoms with van der Waals surface area (Å²) >= 11 is 7.75. The number of amides is 1. The lowest BCUT2D eigenvalue weighted by atomic mass is 10.1. The first-order chi connectivity index (χ1) is 16.2. The van der Waals surface area contributed by atoms with Crippen LogP contribution in [0.15, 0.2) is 90.6 Å².